The third-order valence-electron chi connectivity index (χ3n) is 4.13. The van der Waals surface area contributed by atoms with Crippen LogP contribution in [-0.4, -0.2) is 25.2 Å². The second-order valence-corrected chi connectivity index (χ2v) is 9.65. The summed E-state index contributed by atoms with van der Waals surface area (Å²) in [5.74, 6) is -0.316. The molecule has 0 bridgehead atoms. The molecule has 0 aliphatic rings. The second kappa shape index (κ2) is 7.78. The van der Waals surface area contributed by atoms with E-state index in [1.54, 1.807) is 39.4 Å². The van der Waals surface area contributed by atoms with Gasteiger partial charge in [-0.3, -0.25) is 14.3 Å². The Morgan fingerprint density at radius 2 is 1.67 bits per heavy atom. The van der Waals surface area contributed by atoms with Gasteiger partial charge in [0, 0.05) is 12.5 Å². The normalized spacial score (nSPS) is 13.3. The zero-order valence-corrected chi connectivity index (χ0v) is 18.1. The number of halogens is 3. The maximum atomic E-state index is 13.0. The highest BCUT2D eigenvalue weighted by molar-refractivity contribution is 6.68. The van der Waals surface area contributed by atoms with Gasteiger partial charge in [-0.25, -0.2) is 4.68 Å². The Hall–Kier alpha value is -1.63. The van der Waals surface area contributed by atoms with Gasteiger partial charge in [0.15, 0.2) is 0 Å². The summed E-state index contributed by atoms with van der Waals surface area (Å²) in [5.41, 5.74) is 0.571. The van der Waals surface area contributed by atoms with Crippen molar-refractivity contribution in [1.82, 2.24) is 14.7 Å². The van der Waals surface area contributed by atoms with E-state index in [1.165, 1.54) is 4.68 Å². The largest absolute Gasteiger partial charge is 0.356 e. The van der Waals surface area contributed by atoms with Gasteiger partial charge in [0.25, 0.3) is 5.56 Å². The van der Waals surface area contributed by atoms with Crippen LogP contribution in [0.5, 0.6) is 0 Å². The first-order valence-corrected chi connectivity index (χ1v) is 9.45. The molecular formula is C18H23Cl3N4O2. The Balaban J connectivity index is 2.45. The molecule has 1 heterocycles. The lowest BCUT2D eigenvalue weighted by Gasteiger charge is -2.29. The lowest BCUT2D eigenvalue weighted by atomic mass is 9.95. The van der Waals surface area contributed by atoms with Crippen LogP contribution in [0.15, 0.2) is 35.1 Å². The SMILES string of the molecule is Cc1c(N[C@H](NC(=O)C(C)(C)C)C(Cl)(Cl)Cl)c(=O)n(-c2ccccc2)n1C. The molecule has 0 unspecified atom stereocenters. The van der Waals surface area contributed by atoms with E-state index in [9.17, 15) is 9.59 Å². The van der Waals surface area contributed by atoms with Gasteiger partial charge < -0.3 is 10.6 Å². The van der Waals surface area contributed by atoms with Crippen molar-refractivity contribution in [3.05, 3.63) is 46.4 Å². The summed E-state index contributed by atoms with van der Waals surface area (Å²) < 4.78 is 1.33. The summed E-state index contributed by atoms with van der Waals surface area (Å²) in [5, 5.41) is 5.57. The average Bonchev–Trinajstić information content (AvgIpc) is 2.76. The van der Waals surface area contributed by atoms with E-state index >= 15 is 0 Å². The number of benzene rings is 1. The molecule has 2 aromatic rings. The van der Waals surface area contributed by atoms with Gasteiger partial charge >= 0.3 is 0 Å². The fourth-order valence-electron chi connectivity index (χ4n) is 2.43. The predicted octanol–water partition coefficient (Wildman–Crippen LogP) is 3.75. The summed E-state index contributed by atoms with van der Waals surface area (Å²) in [6.45, 7) is 7.00. The number of nitrogens with one attached hydrogen (secondary N) is 2. The molecule has 1 amide bonds. The standard InChI is InChI=1S/C18H23Cl3N4O2/c1-11-13(14(26)25(24(11)5)12-9-7-6-8-10-12)22-15(18(19,20)21)23-16(27)17(2,3)4/h6-10,15,22H,1-5H3,(H,23,27)/t15-/m1/s1. The minimum atomic E-state index is -1.87. The molecule has 0 aliphatic carbocycles. The zero-order valence-electron chi connectivity index (χ0n) is 15.8. The Labute approximate surface area is 173 Å². The van der Waals surface area contributed by atoms with Gasteiger partial charge in [-0.05, 0) is 19.1 Å². The molecule has 27 heavy (non-hydrogen) atoms. The maximum absolute atomic E-state index is 13.0. The van der Waals surface area contributed by atoms with E-state index in [0.29, 0.717) is 11.4 Å². The molecule has 9 heteroatoms. The van der Waals surface area contributed by atoms with Crippen molar-refractivity contribution in [1.29, 1.82) is 0 Å². The fourth-order valence-corrected chi connectivity index (χ4v) is 2.75. The summed E-state index contributed by atoms with van der Waals surface area (Å²) in [4.78, 5) is 25.4. The zero-order chi connectivity index (χ0) is 20.6. The van der Waals surface area contributed by atoms with Crippen LogP contribution in [0.2, 0.25) is 0 Å². The average molecular weight is 434 g/mol. The molecular weight excluding hydrogens is 411 g/mol. The molecule has 0 aliphatic heterocycles. The molecule has 0 saturated heterocycles. The molecule has 6 nitrogen and oxygen atoms in total. The minimum Gasteiger partial charge on any atom is -0.356 e. The van der Waals surface area contributed by atoms with Crippen LogP contribution < -0.4 is 16.2 Å². The van der Waals surface area contributed by atoms with Crippen molar-refractivity contribution in [2.75, 3.05) is 5.32 Å². The number of carbonyl (C=O) groups excluding carboxylic acids is 1. The van der Waals surface area contributed by atoms with Crippen molar-refractivity contribution in [2.45, 2.75) is 37.7 Å². The fraction of sp³-hybridized carbons (Fsp3) is 0.444. The number of aromatic nitrogens is 2. The molecule has 1 atom stereocenters. The topological polar surface area (TPSA) is 68.1 Å². The first kappa shape index (κ1) is 21.7. The Kier molecular flexibility index (Phi) is 6.24. The summed E-state index contributed by atoms with van der Waals surface area (Å²) >= 11 is 18.1. The van der Waals surface area contributed by atoms with Crippen LogP contribution in [0.25, 0.3) is 5.69 Å². The quantitative estimate of drug-likeness (QED) is 0.570. The van der Waals surface area contributed by atoms with Gasteiger partial charge in [-0.2, -0.15) is 0 Å². The Bertz CT molecular complexity index is 877. The predicted molar refractivity (Wildman–Crippen MR) is 111 cm³/mol. The molecule has 2 rings (SSSR count). The number of amides is 1. The number of carbonyl (C=O) groups is 1. The van der Waals surface area contributed by atoms with Gasteiger partial charge in [-0.1, -0.05) is 73.8 Å². The third kappa shape index (κ3) is 4.81. The number of alkyl halides is 3. The van der Waals surface area contributed by atoms with Gasteiger partial charge in [0.2, 0.25) is 9.70 Å². The number of para-hydroxylation sites is 1. The molecule has 148 valence electrons. The van der Waals surface area contributed by atoms with Crippen LogP contribution in [0.3, 0.4) is 0 Å². The first-order chi connectivity index (χ1) is 12.3. The van der Waals surface area contributed by atoms with Crippen molar-refractivity contribution >= 4 is 46.4 Å². The Morgan fingerprint density at radius 1 is 1.11 bits per heavy atom. The van der Waals surface area contributed by atoms with Crippen LogP contribution in [0.1, 0.15) is 26.5 Å². The highest BCUT2D eigenvalue weighted by atomic mass is 35.6. The van der Waals surface area contributed by atoms with E-state index in [2.05, 4.69) is 10.6 Å². The molecule has 1 aromatic heterocycles. The molecule has 0 saturated carbocycles. The van der Waals surface area contributed by atoms with Crippen molar-refractivity contribution in [3.8, 4) is 5.69 Å². The lowest BCUT2D eigenvalue weighted by Crippen LogP contribution is -2.52. The smallest absolute Gasteiger partial charge is 0.295 e. The van der Waals surface area contributed by atoms with E-state index < -0.39 is 15.4 Å². The monoisotopic (exact) mass is 432 g/mol. The first-order valence-electron chi connectivity index (χ1n) is 8.32. The van der Waals surface area contributed by atoms with Gasteiger partial charge in [-0.15, -0.1) is 0 Å². The van der Waals surface area contributed by atoms with Crippen LogP contribution in [-0.2, 0) is 11.8 Å². The van der Waals surface area contributed by atoms with Crippen molar-refractivity contribution in [2.24, 2.45) is 12.5 Å². The summed E-state index contributed by atoms with van der Waals surface area (Å²) in [6.07, 6.45) is -1.09. The van der Waals surface area contributed by atoms with Crippen LogP contribution in [0.4, 0.5) is 5.69 Å². The number of hydrogen-bond donors (Lipinski definition) is 2. The number of hydrogen-bond acceptors (Lipinski definition) is 3. The van der Waals surface area contributed by atoms with Crippen LogP contribution in [0, 0.1) is 12.3 Å². The number of rotatable bonds is 4. The molecule has 0 fully saturated rings. The minimum absolute atomic E-state index is 0.242. The molecule has 1 aromatic carbocycles. The summed E-state index contributed by atoms with van der Waals surface area (Å²) in [6, 6.07) is 9.18. The van der Waals surface area contributed by atoms with Crippen molar-refractivity contribution in [3.63, 3.8) is 0 Å². The van der Waals surface area contributed by atoms with E-state index in [1.807, 2.05) is 30.3 Å². The third-order valence-corrected chi connectivity index (χ3v) is 4.78. The van der Waals surface area contributed by atoms with E-state index in [0.717, 1.165) is 0 Å². The molecule has 0 spiro atoms. The van der Waals surface area contributed by atoms with Gasteiger partial charge in [0.1, 0.15) is 11.9 Å². The maximum Gasteiger partial charge on any atom is 0.295 e. The molecule has 0 radical (unpaired) electrons. The Morgan fingerprint density at radius 3 is 2.15 bits per heavy atom. The van der Waals surface area contributed by atoms with E-state index in [4.69, 9.17) is 34.8 Å². The highest BCUT2D eigenvalue weighted by Crippen LogP contribution is 2.32. The van der Waals surface area contributed by atoms with Gasteiger partial charge in [0.05, 0.1) is 11.4 Å². The molecule has 2 N–H and O–H groups in total. The number of anilines is 1. The van der Waals surface area contributed by atoms with Crippen molar-refractivity contribution < 1.29 is 4.79 Å². The highest BCUT2D eigenvalue weighted by Gasteiger charge is 2.37. The van der Waals surface area contributed by atoms with Crippen LogP contribution >= 0.6 is 34.8 Å². The number of nitrogens with zero attached hydrogens (tertiary/aromatic N) is 2. The van der Waals surface area contributed by atoms with E-state index in [-0.39, 0.29) is 17.2 Å². The summed E-state index contributed by atoms with van der Waals surface area (Å²) in [7, 11) is 1.76. The lowest BCUT2D eigenvalue weighted by molar-refractivity contribution is -0.129. The second-order valence-electron chi connectivity index (χ2n) is 7.28.